The Morgan fingerprint density at radius 2 is 1.69 bits per heavy atom. The van der Waals surface area contributed by atoms with Crippen molar-refractivity contribution in [2.24, 2.45) is 0 Å². The summed E-state index contributed by atoms with van der Waals surface area (Å²) in [5.74, 6) is 1.02. The summed E-state index contributed by atoms with van der Waals surface area (Å²) < 4.78 is 12.4. The topological polar surface area (TPSA) is 39.5 Å². The second kappa shape index (κ2) is 5.98. The van der Waals surface area contributed by atoms with Gasteiger partial charge in [-0.3, -0.25) is 0 Å². The summed E-state index contributed by atoms with van der Waals surface area (Å²) in [7, 11) is 3.36. The fourth-order valence-electron chi connectivity index (χ4n) is 1.71. The van der Waals surface area contributed by atoms with E-state index in [2.05, 4.69) is 21.4 Å². The highest BCUT2D eigenvalue weighted by molar-refractivity contribution is 5.13. The monoisotopic (exact) mass is 227 g/mol. The van der Waals surface area contributed by atoms with E-state index in [1.165, 1.54) is 5.69 Å². The number of nitrogens with zero attached hydrogens (tertiary/aromatic N) is 3. The fraction of sp³-hybridized carbons (Fsp3) is 0.727. The van der Waals surface area contributed by atoms with E-state index in [-0.39, 0.29) is 0 Å². The highest BCUT2D eigenvalue weighted by atomic mass is 16.5. The Kier molecular flexibility index (Phi) is 4.92. The van der Waals surface area contributed by atoms with Crippen LogP contribution in [-0.4, -0.2) is 42.1 Å². The van der Waals surface area contributed by atoms with Crippen LogP contribution in [0.15, 0.2) is 0 Å². The molecule has 0 unspecified atom stereocenters. The van der Waals surface area contributed by atoms with Gasteiger partial charge in [0.1, 0.15) is 19.3 Å². The van der Waals surface area contributed by atoms with Gasteiger partial charge < -0.3 is 14.0 Å². The van der Waals surface area contributed by atoms with Gasteiger partial charge in [0.25, 0.3) is 0 Å². The minimum absolute atomic E-state index is 0.546. The Hall–Kier alpha value is -0.910. The highest BCUT2D eigenvalue weighted by Gasteiger charge is 2.11. The number of hydrogen-bond donors (Lipinski definition) is 0. The van der Waals surface area contributed by atoms with Crippen molar-refractivity contribution in [3.63, 3.8) is 0 Å². The molecule has 5 heteroatoms. The van der Waals surface area contributed by atoms with Gasteiger partial charge in [-0.2, -0.15) is 0 Å². The van der Waals surface area contributed by atoms with Crippen LogP contribution in [0.5, 0.6) is 0 Å². The first kappa shape index (κ1) is 13.2. The summed E-state index contributed by atoms with van der Waals surface area (Å²) in [6, 6.07) is 0. The molecule has 1 heterocycles. The second-order valence-corrected chi connectivity index (χ2v) is 3.91. The van der Waals surface area contributed by atoms with Crippen LogP contribution in [0.4, 0.5) is 0 Å². The summed E-state index contributed by atoms with van der Waals surface area (Å²) in [5.41, 5.74) is 2.27. The lowest BCUT2D eigenvalue weighted by Gasteiger charge is -2.22. The molecule has 0 spiro atoms. The molecule has 5 nitrogen and oxygen atoms in total. The quantitative estimate of drug-likeness (QED) is 0.686. The molecular formula is C11H21N3O2. The van der Waals surface area contributed by atoms with Crippen molar-refractivity contribution in [1.82, 2.24) is 14.5 Å². The summed E-state index contributed by atoms with van der Waals surface area (Å²) in [6.07, 6.45) is 0. The van der Waals surface area contributed by atoms with E-state index in [4.69, 9.17) is 9.47 Å². The maximum atomic E-state index is 5.13. The van der Waals surface area contributed by atoms with E-state index < -0.39 is 0 Å². The number of methoxy groups -OCH3 is 2. The molecular weight excluding hydrogens is 206 g/mol. The van der Waals surface area contributed by atoms with Crippen LogP contribution in [0.2, 0.25) is 0 Å². The van der Waals surface area contributed by atoms with Gasteiger partial charge in [0.15, 0.2) is 0 Å². The maximum absolute atomic E-state index is 5.13. The van der Waals surface area contributed by atoms with Crippen LogP contribution in [0.25, 0.3) is 0 Å². The van der Waals surface area contributed by atoms with Crippen LogP contribution in [0, 0.1) is 20.8 Å². The van der Waals surface area contributed by atoms with Crippen LogP contribution in [0.1, 0.15) is 17.2 Å². The molecule has 0 aliphatic carbocycles. The first-order valence-electron chi connectivity index (χ1n) is 5.30. The fourth-order valence-corrected chi connectivity index (χ4v) is 1.71. The van der Waals surface area contributed by atoms with E-state index in [1.807, 2.05) is 13.8 Å². The van der Waals surface area contributed by atoms with Gasteiger partial charge in [0.05, 0.1) is 12.4 Å². The summed E-state index contributed by atoms with van der Waals surface area (Å²) in [6.45, 7) is 7.94. The molecule has 0 fully saturated rings. The second-order valence-electron chi connectivity index (χ2n) is 3.91. The molecule has 1 aromatic heterocycles. The molecule has 0 N–H and O–H groups in total. The van der Waals surface area contributed by atoms with Gasteiger partial charge in [-0.05, 0) is 20.8 Å². The Morgan fingerprint density at radius 3 is 2.06 bits per heavy atom. The summed E-state index contributed by atoms with van der Waals surface area (Å²) >= 11 is 0. The van der Waals surface area contributed by atoms with Gasteiger partial charge in [-0.15, -0.1) is 0 Å². The average molecular weight is 227 g/mol. The molecule has 0 atom stereocenters. The van der Waals surface area contributed by atoms with Gasteiger partial charge in [0.2, 0.25) is 0 Å². The largest absolute Gasteiger partial charge is 0.369 e. The lowest BCUT2D eigenvalue weighted by atomic mass is 10.4. The van der Waals surface area contributed by atoms with Crippen LogP contribution in [0.3, 0.4) is 0 Å². The van der Waals surface area contributed by atoms with Gasteiger partial charge >= 0.3 is 0 Å². The summed E-state index contributed by atoms with van der Waals surface area (Å²) in [5, 5.41) is 0. The zero-order chi connectivity index (χ0) is 12.1. The predicted octanol–water partition coefficient (Wildman–Crippen LogP) is 1.28. The van der Waals surface area contributed by atoms with E-state index in [0.717, 1.165) is 18.2 Å². The molecule has 0 aliphatic heterocycles. The third-order valence-corrected chi connectivity index (χ3v) is 2.61. The molecule has 0 amide bonds. The van der Waals surface area contributed by atoms with Crippen molar-refractivity contribution < 1.29 is 9.47 Å². The lowest BCUT2D eigenvalue weighted by molar-refractivity contribution is -0.0321. The van der Waals surface area contributed by atoms with Crippen LogP contribution in [-0.2, 0) is 16.1 Å². The Morgan fingerprint density at radius 1 is 1.12 bits per heavy atom. The molecule has 16 heavy (non-hydrogen) atoms. The summed E-state index contributed by atoms with van der Waals surface area (Å²) in [4.78, 5) is 6.50. The molecule has 1 aromatic rings. The van der Waals surface area contributed by atoms with E-state index in [9.17, 15) is 0 Å². The molecule has 0 bridgehead atoms. The molecule has 1 rings (SSSR count). The van der Waals surface area contributed by atoms with E-state index in [0.29, 0.717) is 13.5 Å². The van der Waals surface area contributed by atoms with Crippen LogP contribution < -0.4 is 0 Å². The number of aromatic nitrogens is 2. The number of aryl methyl sites for hydroxylation is 2. The minimum atomic E-state index is 0.546. The number of imidazole rings is 1. The SMILES string of the molecule is COCN(COC)Cn1c(C)nc(C)c1C. The zero-order valence-corrected chi connectivity index (χ0v) is 10.8. The van der Waals surface area contributed by atoms with Crippen LogP contribution >= 0.6 is 0 Å². The Labute approximate surface area is 97.0 Å². The van der Waals surface area contributed by atoms with Crippen molar-refractivity contribution >= 4 is 0 Å². The van der Waals surface area contributed by atoms with Crippen molar-refractivity contribution in [3.05, 3.63) is 17.2 Å². The number of hydrogen-bond acceptors (Lipinski definition) is 4. The Balaban J connectivity index is 2.76. The number of rotatable bonds is 6. The third-order valence-electron chi connectivity index (χ3n) is 2.61. The van der Waals surface area contributed by atoms with Gasteiger partial charge in [0, 0.05) is 19.9 Å². The van der Waals surface area contributed by atoms with Crippen molar-refractivity contribution in [2.75, 3.05) is 27.7 Å². The molecule has 92 valence electrons. The third kappa shape index (κ3) is 3.04. The van der Waals surface area contributed by atoms with E-state index in [1.54, 1.807) is 14.2 Å². The number of ether oxygens (including phenoxy) is 2. The zero-order valence-electron chi connectivity index (χ0n) is 10.8. The van der Waals surface area contributed by atoms with Crippen molar-refractivity contribution in [2.45, 2.75) is 27.4 Å². The molecule has 0 aromatic carbocycles. The maximum Gasteiger partial charge on any atom is 0.107 e. The van der Waals surface area contributed by atoms with Gasteiger partial charge in [-0.1, -0.05) is 0 Å². The predicted molar refractivity (Wildman–Crippen MR) is 62.0 cm³/mol. The average Bonchev–Trinajstić information content (AvgIpc) is 2.46. The Bertz CT molecular complexity index is 330. The first-order valence-corrected chi connectivity index (χ1v) is 5.30. The minimum Gasteiger partial charge on any atom is -0.369 e. The highest BCUT2D eigenvalue weighted by Crippen LogP contribution is 2.10. The molecule has 0 aliphatic rings. The molecule has 0 saturated carbocycles. The standard InChI is InChI=1S/C11H21N3O2/c1-9-10(2)14(11(3)12-9)6-13(7-15-4)8-16-5/h6-8H2,1-5H3. The molecule has 0 radical (unpaired) electrons. The lowest BCUT2D eigenvalue weighted by Crippen LogP contribution is -2.31. The van der Waals surface area contributed by atoms with E-state index >= 15 is 0 Å². The molecule has 0 saturated heterocycles. The van der Waals surface area contributed by atoms with Crippen molar-refractivity contribution in [3.8, 4) is 0 Å². The van der Waals surface area contributed by atoms with Crippen molar-refractivity contribution in [1.29, 1.82) is 0 Å². The smallest absolute Gasteiger partial charge is 0.107 e. The normalized spacial score (nSPS) is 11.4. The van der Waals surface area contributed by atoms with Gasteiger partial charge in [-0.25, -0.2) is 9.88 Å². The first-order chi connectivity index (χ1) is 7.60.